The second-order valence-corrected chi connectivity index (χ2v) is 5.50. The van der Waals surface area contributed by atoms with Crippen molar-refractivity contribution in [2.45, 2.75) is 12.8 Å². The zero-order valence-electron chi connectivity index (χ0n) is 13.8. The quantitative estimate of drug-likeness (QED) is 0.569. The van der Waals surface area contributed by atoms with Crippen LogP contribution in [0.1, 0.15) is 22.3 Å². The smallest absolute Gasteiger partial charge is 0.306 e. The number of carbonyl (C=O) groups excluding carboxylic acids is 2. The minimum absolute atomic E-state index is 0.186. The van der Waals surface area contributed by atoms with Gasteiger partial charge in [-0.1, -0.05) is 18.2 Å². The minimum atomic E-state index is -0.422. The Balaban J connectivity index is 1.47. The molecule has 6 nitrogen and oxygen atoms in total. The number of hydrogen-bond donors (Lipinski definition) is 0. The van der Waals surface area contributed by atoms with Gasteiger partial charge in [0, 0.05) is 12.0 Å². The molecule has 0 spiro atoms. The molecule has 25 heavy (non-hydrogen) atoms. The van der Waals surface area contributed by atoms with Crippen molar-refractivity contribution in [1.29, 1.82) is 0 Å². The van der Waals surface area contributed by atoms with Crippen LogP contribution >= 0.6 is 0 Å². The Hall–Kier alpha value is -3.02. The number of esters is 1. The Bertz CT molecular complexity index is 783. The maximum atomic E-state index is 12.1. The summed E-state index contributed by atoms with van der Waals surface area (Å²) in [6.45, 7) is -0.0691. The highest BCUT2D eigenvalue weighted by Gasteiger charge is 2.14. The lowest BCUT2D eigenvalue weighted by molar-refractivity contribution is -0.142. The van der Waals surface area contributed by atoms with E-state index in [4.69, 9.17) is 18.9 Å². The Labute approximate surface area is 145 Å². The molecule has 0 atom stereocenters. The van der Waals surface area contributed by atoms with Gasteiger partial charge in [0.25, 0.3) is 0 Å². The molecule has 0 radical (unpaired) electrons. The highest BCUT2D eigenvalue weighted by atomic mass is 16.7. The predicted octanol–water partition coefficient (Wildman–Crippen LogP) is 2.78. The van der Waals surface area contributed by atoms with E-state index in [2.05, 4.69) is 0 Å². The van der Waals surface area contributed by atoms with E-state index in [1.165, 1.54) is 7.11 Å². The molecule has 0 saturated carbocycles. The van der Waals surface area contributed by atoms with Crippen LogP contribution in [-0.4, -0.2) is 32.3 Å². The molecule has 1 aliphatic heterocycles. The van der Waals surface area contributed by atoms with Crippen LogP contribution in [0.25, 0.3) is 0 Å². The number of aryl methyl sites for hydroxylation is 1. The molecule has 130 valence electrons. The summed E-state index contributed by atoms with van der Waals surface area (Å²) < 4.78 is 20.7. The van der Waals surface area contributed by atoms with Crippen molar-refractivity contribution in [3.63, 3.8) is 0 Å². The van der Waals surface area contributed by atoms with Gasteiger partial charge in [-0.15, -0.1) is 0 Å². The molecule has 0 unspecified atom stereocenters. The van der Waals surface area contributed by atoms with Crippen molar-refractivity contribution in [1.82, 2.24) is 0 Å². The minimum Gasteiger partial charge on any atom is -0.497 e. The van der Waals surface area contributed by atoms with E-state index in [-0.39, 0.29) is 25.6 Å². The van der Waals surface area contributed by atoms with E-state index in [0.29, 0.717) is 29.2 Å². The number of fused-ring (bicyclic) bond motifs is 1. The predicted molar refractivity (Wildman–Crippen MR) is 89.2 cm³/mol. The van der Waals surface area contributed by atoms with E-state index in [1.807, 2.05) is 18.2 Å². The highest BCUT2D eigenvalue weighted by molar-refractivity contribution is 5.98. The largest absolute Gasteiger partial charge is 0.497 e. The Morgan fingerprint density at radius 2 is 1.92 bits per heavy atom. The summed E-state index contributed by atoms with van der Waals surface area (Å²) in [7, 11) is 1.53. The van der Waals surface area contributed by atoms with Gasteiger partial charge in [0.1, 0.15) is 5.75 Å². The molecular formula is C19H18O6. The monoisotopic (exact) mass is 342 g/mol. The number of rotatable bonds is 7. The van der Waals surface area contributed by atoms with Crippen LogP contribution in [0.3, 0.4) is 0 Å². The highest BCUT2D eigenvalue weighted by Crippen LogP contribution is 2.32. The third-order valence-corrected chi connectivity index (χ3v) is 3.81. The molecule has 2 aromatic rings. The summed E-state index contributed by atoms with van der Waals surface area (Å²) in [5.74, 6) is 1.28. The first-order valence-corrected chi connectivity index (χ1v) is 7.87. The van der Waals surface area contributed by atoms with E-state index in [0.717, 1.165) is 5.56 Å². The topological polar surface area (TPSA) is 71.1 Å². The molecular weight excluding hydrogens is 324 g/mol. The summed E-state index contributed by atoms with van der Waals surface area (Å²) in [5.41, 5.74) is 1.39. The third-order valence-electron chi connectivity index (χ3n) is 3.81. The summed E-state index contributed by atoms with van der Waals surface area (Å²) in [6.07, 6.45) is 0.688. The van der Waals surface area contributed by atoms with Gasteiger partial charge in [0.05, 0.1) is 7.11 Å². The van der Waals surface area contributed by atoms with Gasteiger partial charge < -0.3 is 18.9 Å². The molecule has 2 aromatic carbocycles. The number of Topliss-reactive ketones (excluding diaryl/α,β-unsaturated/α-hetero) is 1. The van der Waals surface area contributed by atoms with Gasteiger partial charge in [-0.3, -0.25) is 9.59 Å². The lowest BCUT2D eigenvalue weighted by Crippen LogP contribution is -2.14. The van der Waals surface area contributed by atoms with Crippen LogP contribution in [0.15, 0.2) is 42.5 Å². The van der Waals surface area contributed by atoms with Gasteiger partial charge in [-0.25, -0.2) is 0 Å². The van der Waals surface area contributed by atoms with Crippen LogP contribution in [0.2, 0.25) is 0 Å². The summed E-state index contributed by atoms with van der Waals surface area (Å²) in [5, 5.41) is 0. The van der Waals surface area contributed by atoms with Crippen LogP contribution < -0.4 is 14.2 Å². The Kier molecular flexibility index (Phi) is 5.18. The second-order valence-electron chi connectivity index (χ2n) is 5.50. The number of ketones is 1. The number of hydrogen-bond acceptors (Lipinski definition) is 6. The van der Waals surface area contributed by atoms with Crippen molar-refractivity contribution in [2.24, 2.45) is 0 Å². The van der Waals surface area contributed by atoms with Crippen molar-refractivity contribution in [2.75, 3.05) is 20.5 Å². The van der Waals surface area contributed by atoms with Crippen LogP contribution in [0.4, 0.5) is 0 Å². The van der Waals surface area contributed by atoms with Gasteiger partial charge in [-0.05, 0) is 36.2 Å². The molecule has 0 fully saturated rings. The Morgan fingerprint density at radius 3 is 2.76 bits per heavy atom. The standard InChI is InChI=1S/C19H18O6/c1-22-15-4-2-3-14(10-15)16(20)11-23-19(21)8-6-13-5-7-17-18(9-13)25-12-24-17/h2-5,7,9-10H,6,8,11-12H2,1H3. The molecule has 0 saturated heterocycles. The summed E-state index contributed by atoms with van der Waals surface area (Å²) >= 11 is 0. The number of ether oxygens (including phenoxy) is 4. The van der Waals surface area contributed by atoms with Crippen molar-refractivity contribution in [3.05, 3.63) is 53.6 Å². The molecule has 3 rings (SSSR count). The van der Waals surface area contributed by atoms with Gasteiger partial charge in [-0.2, -0.15) is 0 Å². The fraction of sp³-hybridized carbons (Fsp3) is 0.263. The van der Waals surface area contributed by atoms with Gasteiger partial charge in [0.15, 0.2) is 23.9 Å². The second kappa shape index (κ2) is 7.70. The molecule has 0 aliphatic carbocycles. The summed E-state index contributed by atoms with van der Waals surface area (Å²) in [6, 6.07) is 12.3. The average Bonchev–Trinajstić information content (AvgIpc) is 3.12. The molecule has 6 heteroatoms. The fourth-order valence-corrected chi connectivity index (χ4v) is 2.44. The number of methoxy groups -OCH3 is 1. The molecule has 0 amide bonds. The maximum absolute atomic E-state index is 12.1. The first kappa shape index (κ1) is 16.8. The zero-order valence-corrected chi connectivity index (χ0v) is 13.8. The molecule has 1 heterocycles. The van der Waals surface area contributed by atoms with Crippen LogP contribution in [-0.2, 0) is 16.0 Å². The molecule has 0 bridgehead atoms. The lowest BCUT2D eigenvalue weighted by Gasteiger charge is -2.06. The van der Waals surface area contributed by atoms with Crippen LogP contribution in [0, 0.1) is 0 Å². The van der Waals surface area contributed by atoms with Crippen LogP contribution in [0.5, 0.6) is 17.2 Å². The average molecular weight is 342 g/mol. The summed E-state index contributed by atoms with van der Waals surface area (Å²) in [4.78, 5) is 23.9. The molecule has 0 N–H and O–H groups in total. The zero-order chi connectivity index (χ0) is 17.6. The van der Waals surface area contributed by atoms with E-state index < -0.39 is 5.97 Å². The lowest BCUT2D eigenvalue weighted by atomic mass is 10.1. The normalized spacial score (nSPS) is 11.9. The van der Waals surface area contributed by atoms with E-state index >= 15 is 0 Å². The first-order valence-electron chi connectivity index (χ1n) is 7.87. The first-order chi connectivity index (χ1) is 12.2. The third kappa shape index (κ3) is 4.29. The van der Waals surface area contributed by atoms with E-state index in [1.54, 1.807) is 24.3 Å². The fourth-order valence-electron chi connectivity index (χ4n) is 2.44. The number of benzene rings is 2. The Morgan fingerprint density at radius 1 is 1.08 bits per heavy atom. The van der Waals surface area contributed by atoms with Crippen molar-refractivity contribution in [3.8, 4) is 17.2 Å². The van der Waals surface area contributed by atoms with Crippen molar-refractivity contribution < 1.29 is 28.5 Å². The van der Waals surface area contributed by atoms with E-state index in [9.17, 15) is 9.59 Å². The maximum Gasteiger partial charge on any atom is 0.306 e. The van der Waals surface area contributed by atoms with Gasteiger partial charge in [0.2, 0.25) is 6.79 Å². The van der Waals surface area contributed by atoms with Gasteiger partial charge >= 0.3 is 5.97 Å². The molecule has 1 aliphatic rings. The molecule has 0 aromatic heterocycles. The number of carbonyl (C=O) groups is 2. The SMILES string of the molecule is COc1cccc(C(=O)COC(=O)CCc2ccc3c(c2)OCO3)c1. The van der Waals surface area contributed by atoms with Crippen molar-refractivity contribution >= 4 is 11.8 Å².